The highest BCUT2D eigenvalue weighted by Gasteiger charge is 2.26. The Balaban J connectivity index is 2.00. The lowest BCUT2D eigenvalue weighted by molar-refractivity contribution is -0.137. The number of hydrogen-bond donors (Lipinski definition) is 2. The first-order valence-corrected chi connectivity index (χ1v) is 6.73. The first-order valence-electron chi connectivity index (χ1n) is 6.73. The number of aromatic nitrogens is 1. The van der Waals surface area contributed by atoms with Crippen molar-refractivity contribution in [1.29, 1.82) is 0 Å². The number of amides is 1. The van der Waals surface area contributed by atoms with E-state index in [1.165, 1.54) is 12.3 Å². The second-order valence-electron chi connectivity index (χ2n) is 5.06. The maximum atomic E-state index is 12.3. The molecule has 108 valence electrons. The number of carbonyl (C=O) groups excluding carboxylic acids is 1. The minimum absolute atomic E-state index is 0.0615. The largest absolute Gasteiger partial charge is 0.505 e. The zero-order chi connectivity index (χ0) is 14.5. The fourth-order valence-corrected chi connectivity index (χ4v) is 2.52. The molecule has 1 aliphatic heterocycles. The number of carboxylic acid groups (broad SMARTS) is 1. The summed E-state index contributed by atoms with van der Waals surface area (Å²) >= 11 is 0. The molecule has 6 heteroatoms. The summed E-state index contributed by atoms with van der Waals surface area (Å²) in [6.07, 6.45) is 3.96. The first-order chi connectivity index (χ1) is 9.58. The second kappa shape index (κ2) is 6.36. The van der Waals surface area contributed by atoms with Gasteiger partial charge in [0.25, 0.3) is 5.91 Å². The van der Waals surface area contributed by atoms with Gasteiger partial charge in [0, 0.05) is 25.7 Å². The summed E-state index contributed by atoms with van der Waals surface area (Å²) in [4.78, 5) is 28.5. The molecule has 2 rings (SSSR count). The third-order valence-electron chi connectivity index (χ3n) is 3.56. The molecule has 2 heterocycles. The molecule has 0 spiro atoms. The highest BCUT2D eigenvalue weighted by atomic mass is 16.4. The highest BCUT2D eigenvalue weighted by Crippen LogP contribution is 2.24. The van der Waals surface area contributed by atoms with Gasteiger partial charge in [-0.2, -0.15) is 0 Å². The first kappa shape index (κ1) is 14.3. The van der Waals surface area contributed by atoms with E-state index in [1.54, 1.807) is 11.0 Å². The van der Waals surface area contributed by atoms with Crippen LogP contribution in [-0.2, 0) is 4.79 Å². The topological polar surface area (TPSA) is 90.7 Å². The van der Waals surface area contributed by atoms with E-state index in [9.17, 15) is 14.7 Å². The molecule has 1 aliphatic rings. The number of likely N-dealkylation sites (tertiary alicyclic amines) is 1. The number of carboxylic acids is 1. The lowest BCUT2D eigenvalue weighted by Gasteiger charge is -2.32. The van der Waals surface area contributed by atoms with E-state index in [2.05, 4.69) is 4.98 Å². The SMILES string of the molecule is O=C(O)CCC1CCCN(C(=O)c2ncccc2O)C1. The molecule has 1 aromatic heterocycles. The van der Waals surface area contributed by atoms with Gasteiger partial charge in [-0.05, 0) is 37.3 Å². The monoisotopic (exact) mass is 278 g/mol. The third-order valence-corrected chi connectivity index (χ3v) is 3.56. The van der Waals surface area contributed by atoms with Crippen LogP contribution in [0.3, 0.4) is 0 Å². The molecule has 1 aromatic rings. The average molecular weight is 278 g/mol. The van der Waals surface area contributed by atoms with Crippen molar-refractivity contribution in [2.75, 3.05) is 13.1 Å². The molecule has 1 atom stereocenters. The molecule has 1 fully saturated rings. The summed E-state index contributed by atoms with van der Waals surface area (Å²) in [6.45, 7) is 1.15. The Bertz CT molecular complexity index is 504. The van der Waals surface area contributed by atoms with Gasteiger partial charge in [-0.1, -0.05) is 0 Å². The van der Waals surface area contributed by atoms with Gasteiger partial charge in [0.1, 0.15) is 5.75 Å². The highest BCUT2D eigenvalue weighted by molar-refractivity contribution is 5.94. The number of rotatable bonds is 4. The van der Waals surface area contributed by atoms with Gasteiger partial charge in [0.15, 0.2) is 5.69 Å². The van der Waals surface area contributed by atoms with Gasteiger partial charge in [0.2, 0.25) is 0 Å². The van der Waals surface area contributed by atoms with E-state index >= 15 is 0 Å². The van der Waals surface area contributed by atoms with Crippen LogP contribution in [0.5, 0.6) is 5.75 Å². The van der Waals surface area contributed by atoms with Crippen LogP contribution in [0.25, 0.3) is 0 Å². The van der Waals surface area contributed by atoms with Gasteiger partial charge in [-0.25, -0.2) is 4.98 Å². The molecular weight excluding hydrogens is 260 g/mol. The number of piperidine rings is 1. The lowest BCUT2D eigenvalue weighted by atomic mass is 9.93. The molecule has 1 saturated heterocycles. The molecule has 1 amide bonds. The molecule has 0 bridgehead atoms. The summed E-state index contributed by atoms with van der Waals surface area (Å²) in [7, 11) is 0. The van der Waals surface area contributed by atoms with Crippen LogP contribution in [-0.4, -0.2) is 45.1 Å². The molecule has 1 unspecified atom stereocenters. The smallest absolute Gasteiger partial charge is 0.303 e. The van der Waals surface area contributed by atoms with Crippen LogP contribution in [0.4, 0.5) is 0 Å². The van der Waals surface area contributed by atoms with E-state index in [0.717, 1.165) is 12.8 Å². The predicted molar refractivity (Wildman–Crippen MR) is 71.4 cm³/mol. The van der Waals surface area contributed by atoms with Crippen molar-refractivity contribution in [3.63, 3.8) is 0 Å². The number of nitrogens with zero attached hydrogens (tertiary/aromatic N) is 2. The Labute approximate surface area is 117 Å². The van der Waals surface area contributed by atoms with E-state index in [-0.39, 0.29) is 29.7 Å². The number of aliphatic carboxylic acids is 1. The summed E-state index contributed by atoms with van der Waals surface area (Å²) in [5, 5.41) is 18.4. The lowest BCUT2D eigenvalue weighted by Crippen LogP contribution is -2.40. The Morgan fingerprint density at radius 1 is 1.45 bits per heavy atom. The molecule has 0 radical (unpaired) electrons. The molecule has 2 N–H and O–H groups in total. The molecule has 0 saturated carbocycles. The van der Waals surface area contributed by atoms with E-state index in [1.807, 2.05) is 0 Å². The molecule has 0 aromatic carbocycles. The van der Waals surface area contributed by atoms with Gasteiger partial charge in [-0.15, -0.1) is 0 Å². The standard InChI is InChI=1S/C14H18N2O4/c17-11-4-1-7-15-13(11)14(20)16-8-2-3-10(9-16)5-6-12(18)19/h1,4,7,10,17H,2-3,5-6,8-9H2,(H,18,19). The third kappa shape index (κ3) is 3.46. The number of aromatic hydroxyl groups is 1. The van der Waals surface area contributed by atoms with Crippen molar-refractivity contribution in [3.05, 3.63) is 24.0 Å². The normalized spacial score (nSPS) is 18.8. The van der Waals surface area contributed by atoms with Crippen LogP contribution >= 0.6 is 0 Å². The van der Waals surface area contributed by atoms with Crippen LogP contribution in [0.15, 0.2) is 18.3 Å². The fourth-order valence-electron chi connectivity index (χ4n) is 2.52. The van der Waals surface area contributed by atoms with E-state index in [4.69, 9.17) is 5.11 Å². The van der Waals surface area contributed by atoms with Gasteiger partial charge in [-0.3, -0.25) is 9.59 Å². The van der Waals surface area contributed by atoms with Crippen molar-refractivity contribution < 1.29 is 19.8 Å². The van der Waals surface area contributed by atoms with Gasteiger partial charge >= 0.3 is 5.97 Å². The van der Waals surface area contributed by atoms with Crippen molar-refractivity contribution >= 4 is 11.9 Å². The maximum absolute atomic E-state index is 12.3. The summed E-state index contributed by atoms with van der Waals surface area (Å²) < 4.78 is 0. The van der Waals surface area contributed by atoms with Crippen LogP contribution in [0.2, 0.25) is 0 Å². The molecular formula is C14H18N2O4. The number of pyridine rings is 1. The summed E-state index contributed by atoms with van der Waals surface area (Å²) in [6, 6.07) is 3.00. The average Bonchev–Trinajstić information content (AvgIpc) is 2.45. The number of carbonyl (C=O) groups is 2. The zero-order valence-corrected chi connectivity index (χ0v) is 11.2. The van der Waals surface area contributed by atoms with Crippen LogP contribution in [0.1, 0.15) is 36.2 Å². The summed E-state index contributed by atoms with van der Waals surface area (Å²) in [5.74, 6) is -1.02. The molecule has 0 aliphatic carbocycles. The Morgan fingerprint density at radius 2 is 2.25 bits per heavy atom. The van der Waals surface area contributed by atoms with Gasteiger partial charge in [0.05, 0.1) is 0 Å². The number of hydrogen-bond acceptors (Lipinski definition) is 4. The van der Waals surface area contributed by atoms with Crippen molar-refractivity contribution in [1.82, 2.24) is 9.88 Å². The predicted octanol–water partition coefficient (Wildman–Crippen LogP) is 1.50. The van der Waals surface area contributed by atoms with Crippen molar-refractivity contribution in [3.8, 4) is 5.75 Å². The maximum Gasteiger partial charge on any atom is 0.303 e. The second-order valence-corrected chi connectivity index (χ2v) is 5.06. The van der Waals surface area contributed by atoms with Gasteiger partial charge < -0.3 is 15.1 Å². The minimum atomic E-state index is -0.809. The quantitative estimate of drug-likeness (QED) is 0.871. The van der Waals surface area contributed by atoms with Crippen molar-refractivity contribution in [2.45, 2.75) is 25.7 Å². The van der Waals surface area contributed by atoms with E-state index < -0.39 is 5.97 Å². The fraction of sp³-hybridized carbons (Fsp3) is 0.500. The molecule has 20 heavy (non-hydrogen) atoms. The van der Waals surface area contributed by atoms with Crippen molar-refractivity contribution in [2.24, 2.45) is 5.92 Å². The Kier molecular flexibility index (Phi) is 4.55. The van der Waals surface area contributed by atoms with E-state index in [0.29, 0.717) is 19.5 Å². The molecule has 6 nitrogen and oxygen atoms in total. The van der Waals surface area contributed by atoms with Crippen LogP contribution < -0.4 is 0 Å². The minimum Gasteiger partial charge on any atom is -0.505 e. The Hall–Kier alpha value is -2.11. The van der Waals surface area contributed by atoms with Crippen LogP contribution in [0, 0.1) is 5.92 Å². The zero-order valence-electron chi connectivity index (χ0n) is 11.2. The Morgan fingerprint density at radius 3 is 2.95 bits per heavy atom. The summed E-state index contributed by atoms with van der Waals surface area (Å²) in [5.41, 5.74) is 0.0615.